The predicted octanol–water partition coefficient (Wildman–Crippen LogP) is 2.57. The molecule has 2 N–H and O–H groups in total. The van der Waals surface area contributed by atoms with Crippen LogP contribution in [0.3, 0.4) is 0 Å². The van der Waals surface area contributed by atoms with E-state index in [0.717, 1.165) is 25.1 Å². The van der Waals surface area contributed by atoms with Crippen LogP contribution in [0.15, 0.2) is 18.2 Å². The van der Waals surface area contributed by atoms with E-state index in [2.05, 4.69) is 17.1 Å². The molecule has 0 bridgehead atoms. The highest BCUT2D eigenvalue weighted by atomic mass is 35.5. The molecule has 0 aromatic heterocycles. The van der Waals surface area contributed by atoms with Gasteiger partial charge in [-0.15, -0.1) is 0 Å². The first kappa shape index (κ1) is 17.1. The lowest BCUT2D eigenvalue weighted by Gasteiger charge is -2.38. The van der Waals surface area contributed by atoms with Crippen LogP contribution in [0, 0.1) is 6.92 Å². The van der Waals surface area contributed by atoms with Crippen molar-refractivity contribution in [3.63, 3.8) is 0 Å². The average molecular weight is 326 g/mol. The van der Waals surface area contributed by atoms with E-state index in [1.54, 1.807) is 11.0 Å². The third-order valence-corrected chi connectivity index (χ3v) is 4.63. The van der Waals surface area contributed by atoms with Crippen molar-refractivity contribution in [1.82, 2.24) is 9.80 Å². The van der Waals surface area contributed by atoms with E-state index < -0.39 is 0 Å². The summed E-state index contributed by atoms with van der Waals surface area (Å²) in [5, 5.41) is 12.9. The first-order chi connectivity index (χ1) is 10.5. The van der Waals surface area contributed by atoms with E-state index in [1.165, 1.54) is 0 Å². The van der Waals surface area contributed by atoms with Crippen LogP contribution in [0.4, 0.5) is 10.5 Å². The Bertz CT molecular complexity index is 512. The Morgan fingerprint density at radius 2 is 2.05 bits per heavy atom. The molecule has 22 heavy (non-hydrogen) atoms. The molecule has 122 valence electrons. The Kier molecular flexibility index (Phi) is 6.06. The molecule has 6 heteroatoms. The molecule has 1 fully saturated rings. The number of aryl methyl sites for hydroxylation is 1. The van der Waals surface area contributed by atoms with Crippen LogP contribution < -0.4 is 5.32 Å². The number of halogens is 1. The Morgan fingerprint density at radius 3 is 2.59 bits per heavy atom. The molecule has 0 saturated carbocycles. The molecule has 1 aromatic carbocycles. The quantitative estimate of drug-likeness (QED) is 0.894. The fourth-order valence-corrected chi connectivity index (χ4v) is 2.85. The monoisotopic (exact) mass is 325 g/mol. The van der Waals surface area contributed by atoms with E-state index >= 15 is 0 Å². The van der Waals surface area contributed by atoms with Crippen molar-refractivity contribution in [2.75, 3.05) is 38.1 Å². The second kappa shape index (κ2) is 7.81. The fourth-order valence-electron chi connectivity index (χ4n) is 2.67. The fraction of sp³-hybridized carbons (Fsp3) is 0.562. The van der Waals surface area contributed by atoms with Crippen LogP contribution >= 0.6 is 11.6 Å². The molecule has 0 aliphatic carbocycles. The average Bonchev–Trinajstić information content (AvgIpc) is 2.53. The molecule has 1 saturated heterocycles. The maximum atomic E-state index is 12.3. The number of hydrogen-bond acceptors (Lipinski definition) is 3. The van der Waals surface area contributed by atoms with Gasteiger partial charge in [-0.25, -0.2) is 4.79 Å². The second-order valence-electron chi connectivity index (χ2n) is 5.66. The maximum absolute atomic E-state index is 12.3. The van der Waals surface area contributed by atoms with Crippen LogP contribution in [0.5, 0.6) is 0 Å². The zero-order chi connectivity index (χ0) is 16.1. The number of hydrogen-bond donors (Lipinski definition) is 2. The molecule has 2 rings (SSSR count). The first-order valence-electron chi connectivity index (χ1n) is 7.72. The van der Waals surface area contributed by atoms with Crippen molar-refractivity contribution in [2.24, 2.45) is 0 Å². The number of urea groups is 1. The molecule has 5 nitrogen and oxygen atoms in total. The Labute approximate surface area is 136 Å². The van der Waals surface area contributed by atoms with Crippen molar-refractivity contribution in [2.45, 2.75) is 26.3 Å². The number of piperazine rings is 1. The number of aliphatic hydroxyl groups excluding tert-OH is 1. The van der Waals surface area contributed by atoms with Crippen molar-refractivity contribution in [3.05, 3.63) is 28.8 Å². The SMILES string of the molecule is CC[C@H](CO)N1CCN(C(=O)Nc2ccc(C)c(Cl)c2)CC1. The number of carbonyl (C=O) groups is 1. The summed E-state index contributed by atoms with van der Waals surface area (Å²) in [5.41, 5.74) is 1.70. The number of carbonyl (C=O) groups excluding carboxylic acids is 1. The van der Waals surface area contributed by atoms with Gasteiger partial charge in [-0.05, 0) is 31.0 Å². The van der Waals surface area contributed by atoms with E-state index in [4.69, 9.17) is 11.6 Å². The zero-order valence-corrected chi connectivity index (χ0v) is 13.9. The molecule has 1 aliphatic rings. The summed E-state index contributed by atoms with van der Waals surface area (Å²) in [6.45, 7) is 7.09. The lowest BCUT2D eigenvalue weighted by molar-refractivity contribution is 0.0766. The van der Waals surface area contributed by atoms with Crippen molar-refractivity contribution < 1.29 is 9.90 Å². The van der Waals surface area contributed by atoms with E-state index in [0.29, 0.717) is 23.8 Å². The van der Waals surface area contributed by atoms with Gasteiger partial charge in [0.25, 0.3) is 0 Å². The van der Waals surface area contributed by atoms with Crippen LogP contribution in [-0.4, -0.2) is 59.8 Å². The van der Waals surface area contributed by atoms with Gasteiger partial charge in [-0.1, -0.05) is 24.6 Å². The lowest BCUT2D eigenvalue weighted by atomic mass is 10.1. The standard InChI is InChI=1S/C16H24ClN3O2/c1-3-14(11-21)19-6-8-20(9-7-19)16(22)18-13-5-4-12(2)15(17)10-13/h4-5,10,14,21H,3,6-9,11H2,1-2H3,(H,18,22)/t14-/m1/s1. The van der Waals surface area contributed by atoms with Crippen LogP contribution in [0.25, 0.3) is 0 Å². The van der Waals surface area contributed by atoms with Crippen LogP contribution in [0.1, 0.15) is 18.9 Å². The van der Waals surface area contributed by atoms with Gasteiger partial charge in [0.15, 0.2) is 0 Å². The molecule has 0 spiro atoms. The Morgan fingerprint density at radius 1 is 1.36 bits per heavy atom. The van der Waals surface area contributed by atoms with Crippen molar-refractivity contribution in [3.8, 4) is 0 Å². The molecule has 1 heterocycles. The van der Waals surface area contributed by atoms with Gasteiger partial charge in [0.05, 0.1) is 6.61 Å². The zero-order valence-electron chi connectivity index (χ0n) is 13.2. The third-order valence-electron chi connectivity index (χ3n) is 4.22. The largest absolute Gasteiger partial charge is 0.395 e. The molecule has 0 unspecified atom stereocenters. The van der Waals surface area contributed by atoms with Crippen molar-refractivity contribution in [1.29, 1.82) is 0 Å². The highest BCUT2D eigenvalue weighted by Crippen LogP contribution is 2.20. The highest BCUT2D eigenvalue weighted by Gasteiger charge is 2.24. The summed E-state index contributed by atoms with van der Waals surface area (Å²) in [4.78, 5) is 16.3. The third kappa shape index (κ3) is 4.12. The minimum absolute atomic E-state index is 0.100. The minimum atomic E-state index is -0.100. The van der Waals surface area contributed by atoms with Gasteiger partial charge in [0, 0.05) is 42.9 Å². The van der Waals surface area contributed by atoms with Gasteiger partial charge in [-0.2, -0.15) is 0 Å². The molecule has 1 aliphatic heterocycles. The van der Waals surface area contributed by atoms with E-state index in [9.17, 15) is 9.90 Å². The predicted molar refractivity (Wildman–Crippen MR) is 89.5 cm³/mol. The number of amides is 2. The molecular formula is C16H24ClN3O2. The summed E-state index contributed by atoms with van der Waals surface area (Å²) < 4.78 is 0. The van der Waals surface area contributed by atoms with Gasteiger partial charge in [0.2, 0.25) is 0 Å². The van der Waals surface area contributed by atoms with Gasteiger partial charge in [-0.3, -0.25) is 4.90 Å². The Hall–Kier alpha value is -1.30. The summed E-state index contributed by atoms with van der Waals surface area (Å²) >= 11 is 6.07. The number of benzene rings is 1. The normalized spacial score (nSPS) is 17.4. The lowest BCUT2D eigenvalue weighted by Crippen LogP contribution is -2.53. The number of nitrogens with one attached hydrogen (secondary N) is 1. The molecule has 1 atom stereocenters. The molecular weight excluding hydrogens is 302 g/mol. The van der Waals surface area contributed by atoms with Gasteiger partial charge in [0.1, 0.15) is 0 Å². The molecule has 2 amide bonds. The van der Waals surface area contributed by atoms with Gasteiger partial charge < -0.3 is 15.3 Å². The summed E-state index contributed by atoms with van der Waals surface area (Å²) in [6, 6.07) is 5.61. The highest BCUT2D eigenvalue weighted by molar-refractivity contribution is 6.31. The summed E-state index contributed by atoms with van der Waals surface area (Å²) in [6.07, 6.45) is 0.921. The van der Waals surface area contributed by atoms with Crippen LogP contribution in [0.2, 0.25) is 5.02 Å². The summed E-state index contributed by atoms with van der Waals surface area (Å²) in [7, 11) is 0. The van der Waals surface area contributed by atoms with E-state index in [-0.39, 0.29) is 18.7 Å². The van der Waals surface area contributed by atoms with E-state index in [1.807, 2.05) is 19.1 Å². The topological polar surface area (TPSA) is 55.8 Å². The van der Waals surface area contributed by atoms with Crippen molar-refractivity contribution >= 4 is 23.3 Å². The minimum Gasteiger partial charge on any atom is -0.395 e. The molecule has 0 radical (unpaired) electrons. The maximum Gasteiger partial charge on any atom is 0.321 e. The molecule has 1 aromatic rings. The first-order valence-corrected chi connectivity index (χ1v) is 8.10. The smallest absolute Gasteiger partial charge is 0.321 e. The van der Waals surface area contributed by atoms with Crippen LogP contribution in [-0.2, 0) is 0 Å². The number of nitrogens with zero attached hydrogens (tertiary/aromatic N) is 2. The summed E-state index contributed by atoms with van der Waals surface area (Å²) in [5.74, 6) is 0. The van der Waals surface area contributed by atoms with Gasteiger partial charge >= 0.3 is 6.03 Å². The number of anilines is 1. The second-order valence-corrected chi connectivity index (χ2v) is 6.07. The number of aliphatic hydroxyl groups is 1. The Balaban J connectivity index is 1.88. The number of rotatable bonds is 4.